The number of hydrogen-bond donors (Lipinski definition) is 1. The van der Waals surface area contributed by atoms with Gasteiger partial charge in [0.25, 0.3) is 0 Å². The Kier molecular flexibility index (Phi) is 5.09. The van der Waals surface area contributed by atoms with Crippen LogP contribution in [-0.2, 0) is 0 Å². The maximum atomic E-state index is 13.8. The lowest BCUT2D eigenvalue weighted by Crippen LogP contribution is -2.47. The minimum atomic E-state index is -0.0988. The molecule has 116 valence electrons. The van der Waals surface area contributed by atoms with Crippen LogP contribution in [0.5, 0.6) is 0 Å². The monoisotopic (exact) mass is 291 g/mol. The number of nitrogens with zero attached hydrogens (tertiary/aromatic N) is 2. The van der Waals surface area contributed by atoms with Gasteiger partial charge >= 0.3 is 0 Å². The molecule has 0 aliphatic carbocycles. The van der Waals surface area contributed by atoms with Crippen molar-refractivity contribution in [1.29, 1.82) is 0 Å². The van der Waals surface area contributed by atoms with Crippen molar-refractivity contribution in [3.05, 3.63) is 30.1 Å². The lowest BCUT2D eigenvalue weighted by atomic mass is 10.1. The highest BCUT2D eigenvalue weighted by molar-refractivity contribution is 5.47. The molecule has 3 nitrogen and oxygen atoms in total. The van der Waals surface area contributed by atoms with Gasteiger partial charge in [0, 0.05) is 32.2 Å². The van der Waals surface area contributed by atoms with E-state index in [1.165, 1.54) is 38.8 Å². The fourth-order valence-electron chi connectivity index (χ4n) is 3.48. The lowest BCUT2D eigenvalue weighted by Gasteiger charge is -2.36. The van der Waals surface area contributed by atoms with Crippen LogP contribution in [0.1, 0.15) is 25.7 Å². The summed E-state index contributed by atoms with van der Waals surface area (Å²) in [5.41, 5.74) is 0.757. The molecule has 21 heavy (non-hydrogen) atoms. The highest BCUT2D eigenvalue weighted by atomic mass is 19.1. The van der Waals surface area contributed by atoms with Crippen molar-refractivity contribution < 1.29 is 4.39 Å². The first-order valence-electron chi connectivity index (χ1n) is 8.28. The first kappa shape index (κ1) is 14.8. The Morgan fingerprint density at radius 2 is 1.95 bits per heavy atom. The van der Waals surface area contributed by atoms with Crippen molar-refractivity contribution in [2.24, 2.45) is 0 Å². The smallest absolute Gasteiger partial charge is 0.146 e. The minimum absolute atomic E-state index is 0.0988. The van der Waals surface area contributed by atoms with Gasteiger partial charge in [-0.25, -0.2) is 4.39 Å². The molecule has 0 amide bonds. The quantitative estimate of drug-likeness (QED) is 0.899. The molecule has 0 saturated carbocycles. The Labute approximate surface area is 127 Å². The summed E-state index contributed by atoms with van der Waals surface area (Å²) in [6.07, 6.45) is 5.26. The van der Waals surface area contributed by atoms with Gasteiger partial charge in [0.2, 0.25) is 0 Å². The molecule has 0 spiro atoms. The van der Waals surface area contributed by atoms with Crippen LogP contribution in [0.3, 0.4) is 0 Å². The third-order valence-corrected chi connectivity index (χ3v) is 4.75. The second kappa shape index (κ2) is 7.23. The number of hydrogen-bond acceptors (Lipinski definition) is 3. The Balaban J connectivity index is 1.39. The van der Waals surface area contributed by atoms with Crippen molar-refractivity contribution in [3.63, 3.8) is 0 Å². The molecule has 2 fully saturated rings. The van der Waals surface area contributed by atoms with Crippen LogP contribution in [0.4, 0.5) is 10.1 Å². The zero-order valence-electron chi connectivity index (χ0n) is 12.7. The summed E-state index contributed by atoms with van der Waals surface area (Å²) in [5, 5.41) is 3.56. The van der Waals surface area contributed by atoms with Crippen molar-refractivity contribution in [2.45, 2.75) is 31.7 Å². The number of benzene rings is 1. The molecule has 0 bridgehead atoms. The topological polar surface area (TPSA) is 18.5 Å². The Bertz CT molecular complexity index is 437. The minimum Gasteiger partial charge on any atom is -0.367 e. The average Bonchev–Trinajstić information content (AvgIpc) is 3.02. The van der Waals surface area contributed by atoms with E-state index in [4.69, 9.17) is 0 Å². The van der Waals surface area contributed by atoms with Crippen LogP contribution >= 0.6 is 0 Å². The highest BCUT2D eigenvalue weighted by Gasteiger charge is 2.19. The van der Waals surface area contributed by atoms with E-state index < -0.39 is 0 Å². The molecule has 2 aliphatic heterocycles. The Hall–Kier alpha value is -1.13. The maximum Gasteiger partial charge on any atom is 0.146 e. The number of halogens is 1. The molecular formula is C17H26FN3. The molecule has 1 atom stereocenters. The normalized spacial score (nSPS) is 23.7. The van der Waals surface area contributed by atoms with Crippen LogP contribution < -0.4 is 10.2 Å². The first-order valence-corrected chi connectivity index (χ1v) is 8.28. The van der Waals surface area contributed by atoms with E-state index in [1.54, 1.807) is 12.1 Å². The largest absolute Gasteiger partial charge is 0.367 e. The van der Waals surface area contributed by atoms with E-state index in [9.17, 15) is 4.39 Å². The average molecular weight is 291 g/mol. The molecule has 2 aliphatic rings. The van der Waals surface area contributed by atoms with Crippen LogP contribution in [0.2, 0.25) is 0 Å². The van der Waals surface area contributed by atoms with E-state index in [0.717, 1.165) is 37.9 Å². The van der Waals surface area contributed by atoms with E-state index >= 15 is 0 Å². The predicted molar refractivity (Wildman–Crippen MR) is 85.3 cm³/mol. The number of para-hydroxylation sites is 1. The second-order valence-corrected chi connectivity index (χ2v) is 6.22. The predicted octanol–water partition coefficient (Wildman–Crippen LogP) is 2.48. The highest BCUT2D eigenvalue weighted by Crippen LogP contribution is 2.20. The molecule has 1 N–H and O–H groups in total. The molecule has 2 heterocycles. The van der Waals surface area contributed by atoms with E-state index in [2.05, 4.69) is 15.1 Å². The van der Waals surface area contributed by atoms with Gasteiger partial charge < -0.3 is 10.2 Å². The molecule has 4 heteroatoms. The summed E-state index contributed by atoms with van der Waals surface area (Å²) in [6, 6.07) is 7.86. The van der Waals surface area contributed by atoms with Crippen LogP contribution in [0, 0.1) is 5.82 Å². The summed E-state index contributed by atoms with van der Waals surface area (Å²) in [5.74, 6) is -0.0988. The van der Waals surface area contributed by atoms with Crippen molar-refractivity contribution >= 4 is 5.69 Å². The van der Waals surface area contributed by atoms with Gasteiger partial charge in [0.05, 0.1) is 5.69 Å². The van der Waals surface area contributed by atoms with E-state index in [-0.39, 0.29) is 5.82 Å². The maximum absolute atomic E-state index is 13.8. The molecule has 1 unspecified atom stereocenters. The molecule has 3 rings (SSSR count). The zero-order valence-corrected chi connectivity index (χ0v) is 12.7. The summed E-state index contributed by atoms with van der Waals surface area (Å²) in [7, 11) is 0. The van der Waals surface area contributed by atoms with Gasteiger partial charge in [-0.05, 0) is 50.9 Å². The SMILES string of the molecule is Fc1ccccc1N1CCN(CCCC2CCCN2)CC1. The van der Waals surface area contributed by atoms with Crippen LogP contribution in [0.15, 0.2) is 24.3 Å². The van der Waals surface area contributed by atoms with Gasteiger partial charge in [-0.15, -0.1) is 0 Å². The van der Waals surface area contributed by atoms with E-state index in [1.807, 2.05) is 12.1 Å². The zero-order chi connectivity index (χ0) is 14.5. The molecule has 2 saturated heterocycles. The summed E-state index contributed by atoms with van der Waals surface area (Å²) in [6.45, 7) is 6.35. The standard InChI is InChI=1S/C17H26FN3/c18-16-7-1-2-8-17(16)21-13-11-20(12-14-21)10-4-6-15-5-3-9-19-15/h1-2,7-8,15,19H,3-6,9-14H2. The van der Waals surface area contributed by atoms with E-state index in [0.29, 0.717) is 0 Å². The summed E-state index contributed by atoms with van der Waals surface area (Å²) < 4.78 is 13.8. The fraction of sp³-hybridized carbons (Fsp3) is 0.647. The van der Waals surface area contributed by atoms with Crippen LogP contribution in [0.25, 0.3) is 0 Å². The van der Waals surface area contributed by atoms with Gasteiger partial charge in [-0.2, -0.15) is 0 Å². The fourth-order valence-corrected chi connectivity index (χ4v) is 3.48. The lowest BCUT2D eigenvalue weighted by molar-refractivity contribution is 0.249. The summed E-state index contributed by atoms with van der Waals surface area (Å²) in [4.78, 5) is 4.69. The van der Waals surface area contributed by atoms with Crippen molar-refractivity contribution in [3.8, 4) is 0 Å². The van der Waals surface area contributed by atoms with Gasteiger partial charge in [0.15, 0.2) is 0 Å². The summed E-state index contributed by atoms with van der Waals surface area (Å²) >= 11 is 0. The molecule has 1 aromatic carbocycles. The van der Waals surface area contributed by atoms with Crippen molar-refractivity contribution in [2.75, 3.05) is 44.2 Å². The first-order chi connectivity index (χ1) is 10.3. The molecular weight excluding hydrogens is 265 g/mol. The second-order valence-electron chi connectivity index (χ2n) is 6.22. The number of anilines is 1. The Morgan fingerprint density at radius 1 is 1.14 bits per heavy atom. The number of rotatable bonds is 5. The van der Waals surface area contributed by atoms with Gasteiger partial charge in [0.1, 0.15) is 5.82 Å². The molecule has 1 aromatic rings. The van der Waals surface area contributed by atoms with Gasteiger partial charge in [-0.3, -0.25) is 4.90 Å². The van der Waals surface area contributed by atoms with Gasteiger partial charge in [-0.1, -0.05) is 12.1 Å². The molecule has 0 radical (unpaired) electrons. The number of piperazine rings is 1. The van der Waals surface area contributed by atoms with Crippen LogP contribution in [-0.4, -0.2) is 50.2 Å². The third-order valence-electron chi connectivity index (χ3n) is 4.75. The third kappa shape index (κ3) is 3.95. The Morgan fingerprint density at radius 3 is 2.67 bits per heavy atom. The van der Waals surface area contributed by atoms with Crippen molar-refractivity contribution in [1.82, 2.24) is 10.2 Å². The number of nitrogens with one attached hydrogen (secondary N) is 1. The molecule has 0 aromatic heterocycles.